The Labute approximate surface area is 153 Å². The highest BCUT2D eigenvalue weighted by Crippen LogP contribution is 2.26. The van der Waals surface area contributed by atoms with Crippen molar-refractivity contribution in [1.82, 2.24) is 4.98 Å². The van der Waals surface area contributed by atoms with Gasteiger partial charge in [-0.2, -0.15) is 0 Å². The van der Waals surface area contributed by atoms with Crippen molar-refractivity contribution in [2.24, 2.45) is 5.92 Å². The summed E-state index contributed by atoms with van der Waals surface area (Å²) in [5, 5.41) is 3.59. The lowest BCUT2D eigenvalue weighted by Crippen LogP contribution is -2.19. The third kappa shape index (κ3) is 5.75. The molecular formula is C20H23ClN2O2. The van der Waals surface area contributed by atoms with Gasteiger partial charge >= 0.3 is 0 Å². The number of nitrogens with one attached hydrogen (secondary N) is 1. The average Bonchev–Trinajstić information content (AvgIpc) is 2.62. The molecular weight excluding hydrogens is 336 g/mol. The van der Waals surface area contributed by atoms with Crippen LogP contribution in [0.4, 0.5) is 5.82 Å². The number of ether oxygens (including phenoxy) is 1. The molecule has 1 amide bonds. The summed E-state index contributed by atoms with van der Waals surface area (Å²) in [7, 11) is 0. The van der Waals surface area contributed by atoms with Crippen molar-refractivity contribution in [3.05, 3.63) is 53.2 Å². The molecule has 0 saturated heterocycles. The van der Waals surface area contributed by atoms with Gasteiger partial charge in [-0.15, -0.1) is 0 Å². The summed E-state index contributed by atoms with van der Waals surface area (Å²) in [5.74, 6) is 1.91. The van der Waals surface area contributed by atoms with E-state index in [2.05, 4.69) is 10.3 Å². The molecule has 0 unspecified atom stereocenters. The summed E-state index contributed by atoms with van der Waals surface area (Å²) in [6.07, 6.45) is 8.40. The quantitative estimate of drug-likeness (QED) is 0.769. The Morgan fingerprint density at radius 2 is 1.92 bits per heavy atom. The molecule has 1 heterocycles. The van der Waals surface area contributed by atoms with Crippen LogP contribution in [0.5, 0.6) is 5.75 Å². The summed E-state index contributed by atoms with van der Waals surface area (Å²) < 4.78 is 5.73. The molecule has 0 bridgehead atoms. The van der Waals surface area contributed by atoms with Crippen LogP contribution < -0.4 is 10.1 Å². The van der Waals surface area contributed by atoms with E-state index in [1.54, 1.807) is 18.3 Å². The molecule has 25 heavy (non-hydrogen) atoms. The van der Waals surface area contributed by atoms with Gasteiger partial charge in [-0.1, -0.05) is 30.9 Å². The molecule has 3 rings (SSSR count). The maximum absolute atomic E-state index is 12.2. The fourth-order valence-corrected chi connectivity index (χ4v) is 3.30. The lowest BCUT2D eigenvalue weighted by atomic mass is 9.87. The lowest BCUT2D eigenvalue weighted by Gasteiger charge is -2.20. The molecule has 5 heteroatoms. The molecule has 0 spiro atoms. The van der Waals surface area contributed by atoms with E-state index in [9.17, 15) is 4.79 Å². The van der Waals surface area contributed by atoms with Crippen molar-refractivity contribution in [2.45, 2.75) is 45.1 Å². The van der Waals surface area contributed by atoms with Crippen LogP contribution in [0, 0.1) is 5.92 Å². The molecule has 1 aromatic carbocycles. The van der Waals surface area contributed by atoms with Crippen molar-refractivity contribution in [3.8, 4) is 5.75 Å². The topological polar surface area (TPSA) is 51.2 Å². The third-order valence-electron chi connectivity index (χ3n) is 4.51. The van der Waals surface area contributed by atoms with E-state index in [4.69, 9.17) is 16.3 Å². The van der Waals surface area contributed by atoms with Crippen molar-refractivity contribution < 1.29 is 9.53 Å². The van der Waals surface area contributed by atoms with Crippen molar-refractivity contribution in [2.75, 3.05) is 5.32 Å². The van der Waals surface area contributed by atoms with E-state index in [0.29, 0.717) is 29.8 Å². The van der Waals surface area contributed by atoms with Crippen molar-refractivity contribution in [1.29, 1.82) is 0 Å². The number of anilines is 1. The van der Waals surface area contributed by atoms with Crippen LogP contribution in [0.25, 0.3) is 0 Å². The number of nitrogens with zero attached hydrogens (tertiary/aromatic N) is 1. The molecule has 2 aromatic rings. The average molecular weight is 359 g/mol. The van der Waals surface area contributed by atoms with Gasteiger partial charge in [-0.25, -0.2) is 4.98 Å². The number of aromatic nitrogens is 1. The first-order chi connectivity index (χ1) is 12.2. The van der Waals surface area contributed by atoms with Gasteiger partial charge in [0.05, 0.1) is 0 Å². The van der Waals surface area contributed by atoms with Gasteiger partial charge in [0.1, 0.15) is 18.2 Å². The van der Waals surface area contributed by atoms with Gasteiger partial charge in [0.25, 0.3) is 0 Å². The van der Waals surface area contributed by atoms with Gasteiger partial charge in [0.2, 0.25) is 5.91 Å². The summed E-state index contributed by atoms with van der Waals surface area (Å²) in [5.41, 5.74) is 0.956. The zero-order valence-corrected chi connectivity index (χ0v) is 15.0. The van der Waals surface area contributed by atoms with Gasteiger partial charge in [-0.05, 0) is 60.7 Å². The molecule has 1 aliphatic rings. The smallest absolute Gasteiger partial charge is 0.225 e. The minimum absolute atomic E-state index is 0.0511. The van der Waals surface area contributed by atoms with E-state index < -0.39 is 0 Å². The fraction of sp³-hybridized carbons (Fsp3) is 0.400. The van der Waals surface area contributed by atoms with Crippen molar-refractivity contribution in [3.63, 3.8) is 0 Å². The number of rotatable bonds is 6. The molecule has 1 fully saturated rings. The first kappa shape index (κ1) is 17.7. The van der Waals surface area contributed by atoms with E-state index in [1.807, 2.05) is 24.3 Å². The van der Waals surface area contributed by atoms with Crippen LogP contribution in [0.3, 0.4) is 0 Å². The Morgan fingerprint density at radius 1 is 1.16 bits per heavy atom. The highest BCUT2D eigenvalue weighted by molar-refractivity contribution is 6.30. The largest absolute Gasteiger partial charge is 0.489 e. The number of hydrogen-bond donors (Lipinski definition) is 1. The van der Waals surface area contributed by atoms with Crippen molar-refractivity contribution >= 4 is 23.3 Å². The van der Waals surface area contributed by atoms with E-state index in [-0.39, 0.29) is 5.91 Å². The predicted molar refractivity (Wildman–Crippen MR) is 99.8 cm³/mol. The van der Waals surface area contributed by atoms with Crippen LogP contribution >= 0.6 is 11.6 Å². The highest BCUT2D eigenvalue weighted by atomic mass is 35.5. The van der Waals surface area contributed by atoms with Crippen LogP contribution in [-0.4, -0.2) is 10.9 Å². The van der Waals surface area contributed by atoms with Crippen LogP contribution in [-0.2, 0) is 11.4 Å². The molecule has 1 saturated carbocycles. The molecule has 0 radical (unpaired) electrons. The molecule has 4 nitrogen and oxygen atoms in total. The second kappa shape index (κ2) is 8.86. The number of benzene rings is 1. The second-order valence-corrected chi connectivity index (χ2v) is 6.98. The molecule has 0 atom stereocenters. The summed E-state index contributed by atoms with van der Waals surface area (Å²) in [6.45, 7) is 0.412. The summed E-state index contributed by atoms with van der Waals surface area (Å²) in [4.78, 5) is 16.4. The SMILES string of the molecule is O=C(CC1CCCCC1)Nc1cc(COc2ccc(Cl)cc2)ccn1. The van der Waals surface area contributed by atoms with Gasteiger partial charge in [0.15, 0.2) is 0 Å². The van der Waals surface area contributed by atoms with Crippen LogP contribution in [0.1, 0.15) is 44.1 Å². The number of carbonyl (C=O) groups excluding carboxylic acids is 1. The Hall–Kier alpha value is -2.07. The minimum atomic E-state index is 0.0511. The van der Waals surface area contributed by atoms with E-state index in [0.717, 1.165) is 24.2 Å². The molecule has 0 aliphatic heterocycles. The number of hydrogen-bond acceptors (Lipinski definition) is 3. The second-order valence-electron chi connectivity index (χ2n) is 6.55. The molecule has 1 N–H and O–H groups in total. The number of pyridine rings is 1. The molecule has 132 valence electrons. The normalized spacial score (nSPS) is 14.9. The van der Waals surface area contributed by atoms with Crippen LogP contribution in [0.2, 0.25) is 5.02 Å². The first-order valence-electron chi connectivity index (χ1n) is 8.82. The third-order valence-corrected chi connectivity index (χ3v) is 4.76. The zero-order chi connectivity index (χ0) is 17.5. The minimum Gasteiger partial charge on any atom is -0.489 e. The Balaban J connectivity index is 1.51. The lowest BCUT2D eigenvalue weighted by molar-refractivity contribution is -0.117. The molecule has 1 aliphatic carbocycles. The van der Waals surface area contributed by atoms with Crippen LogP contribution in [0.15, 0.2) is 42.6 Å². The maximum Gasteiger partial charge on any atom is 0.225 e. The first-order valence-corrected chi connectivity index (χ1v) is 9.20. The number of amides is 1. The molecule has 1 aromatic heterocycles. The van der Waals surface area contributed by atoms with Gasteiger partial charge < -0.3 is 10.1 Å². The Kier molecular flexibility index (Phi) is 6.29. The zero-order valence-electron chi connectivity index (χ0n) is 14.2. The van der Waals surface area contributed by atoms with E-state index in [1.165, 1.54) is 19.3 Å². The van der Waals surface area contributed by atoms with Gasteiger partial charge in [-0.3, -0.25) is 4.79 Å². The standard InChI is InChI=1S/C20H23ClN2O2/c21-17-6-8-18(9-7-17)25-14-16-10-11-22-19(12-16)23-20(24)13-15-4-2-1-3-5-15/h6-12,15H,1-5,13-14H2,(H,22,23,24). The summed E-state index contributed by atoms with van der Waals surface area (Å²) in [6, 6.07) is 11.0. The van der Waals surface area contributed by atoms with E-state index >= 15 is 0 Å². The summed E-state index contributed by atoms with van der Waals surface area (Å²) >= 11 is 5.86. The highest BCUT2D eigenvalue weighted by Gasteiger charge is 2.17. The Bertz CT molecular complexity index is 697. The number of carbonyl (C=O) groups is 1. The predicted octanol–water partition coefficient (Wildman–Crippen LogP) is 5.22. The monoisotopic (exact) mass is 358 g/mol. The van der Waals surface area contributed by atoms with Gasteiger partial charge in [0, 0.05) is 17.6 Å². The number of halogens is 1. The maximum atomic E-state index is 12.2. The Morgan fingerprint density at radius 3 is 2.68 bits per heavy atom. The fourth-order valence-electron chi connectivity index (χ4n) is 3.18.